The molecule has 1 aromatic heterocycles. The number of hydrogen-bond acceptors (Lipinski definition) is 4. The van der Waals surface area contributed by atoms with Crippen molar-refractivity contribution in [2.45, 2.75) is 26.9 Å². The van der Waals surface area contributed by atoms with E-state index in [9.17, 15) is 0 Å². The van der Waals surface area contributed by atoms with Crippen molar-refractivity contribution >= 4 is 0 Å². The maximum absolute atomic E-state index is 5.51. The van der Waals surface area contributed by atoms with Crippen molar-refractivity contribution in [2.75, 3.05) is 13.7 Å². The summed E-state index contributed by atoms with van der Waals surface area (Å²) in [5.41, 5.74) is 7.43. The first-order valence-electron chi connectivity index (χ1n) is 4.77. The second-order valence-electron chi connectivity index (χ2n) is 3.57. The molecule has 1 unspecified atom stereocenters. The van der Waals surface area contributed by atoms with Gasteiger partial charge in [0.1, 0.15) is 0 Å². The van der Waals surface area contributed by atoms with Gasteiger partial charge in [-0.2, -0.15) is 0 Å². The van der Waals surface area contributed by atoms with E-state index >= 15 is 0 Å². The van der Waals surface area contributed by atoms with Crippen LogP contribution < -0.4 is 5.73 Å². The summed E-state index contributed by atoms with van der Waals surface area (Å²) in [6.07, 6.45) is 0. The summed E-state index contributed by atoms with van der Waals surface area (Å²) in [4.78, 5) is 0. The summed E-state index contributed by atoms with van der Waals surface area (Å²) < 4.78 is 6.94. The van der Waals surface area contributed by atoms with Crippen molar-refractivity contribution in [1.29, 1.82) is 0 Å². The van der Waals surface area contributed by atoms with Crippen LogP contribution in [0.15, 0.2) is 0 Å². The second-order valence-corrected chi connectivity index (χ2v) is 3.57. The van der Waals surface area contributed by atoms with E-state index in [0.29, 0.717) is 12.5 Å². The highest BCUT2D eigenvalue weighted by Gasteiger charge is 2.09. The summed E-state index contributed by atoms with van der Waals surface area (Å²) in [6, 6.07) is 0. The molecule has 0 fully saturated rings. The van der Waals surface area contributed by atoms with E-state index in [1.54, 1.807) is 7.11 Å². The third-order valence-electron chi connectivity index (χ3n) is 2.21. The van der Waals surface area contributed by atoms with Gasteiger partial charge in [0.15, 0.2) is 0 Å². The Morgan fingerprint density at radius 3 is 2.79 bits per heavy atom. The minimum absolute atomic E-state index is 0.436. The summed E-state index contributed by atoms with van der Waals surface area (Å²) in [7, 11) is 1.70. The van der Waals surface area contributed by atoms with E-state index in [2.05, 4.69) is 17.2 Å². The van der Waals surface area contributed by atoms with Gasteiger partial charge >= 0.3 is 0 Å². The molecule has 0 spiro atoms. The number of nitrogens with zero attached hydrogens (tertiary/aromatic N) is 3. The molecule has 0 aliphatic heterocycles. The van der Waals surface area contributed by atoms with Gasteiger partial charge in [0.05, 0.1) is 18.0 Å². The molecular formula is C9H18N4O. The van der Waals surface area contributed by atoms with Crippen LogP contribution in [0.1, 0.15) is 18.3 Å². The zero-order chi connectivity index (χ0) is 10.6. The average Bonchev–Trinajstić information content (AvgIpc) is 2.48. The molecule has 2 N–H and O–H groups in total. The number of methoxy groups -OCH3 is 1. The molecule has 1 atom stereocenters. The van der Waals surface area contributed by atoms with Gasteiger partial charge in [-0.05, 0) is 12.8 Å². The predicted octanol–water partition coefficient (Wildman–Crippen LogP) is 0.328. The van der Waals surface area contributed by atoms with Gasteiger partial charge in [0.25, 0.3) is 0 Å². The Balaban J connectivity index is 2.62. The molecule has 0 aliphatic rings. The van der Waals surface area contributed by atoms with Crippen LogP contribution in [0, 0.1) is 12.8 Å². The van der Waals surface area contributed by atoms with Gasteiger partial charge in [-0.15, -0.1) is 5.10 Å². The second kappa shape index (κ2) is 5.07. The normalized spacial score (nSPS) is 13.1. The number of rotatable bonds is 5. The number of hydrogen-bond donors (Lipinski definition) is 1. The smallest absolute Gasteiger partial charge is 0.0991 e. The maximum atomic E-state index is 5.51. The minimum Gasteiger partial charge on any atom is -0.384 e. The summed E-state index contributed by atoms with van der Waals surface area (Å²) >= 11 is 0. The Morgan fingerprint density at radius 1 is 1.57 bits per heavy atom. The van der Waals surface area contributed by atoms with Gasteiger partial charge < -0.3 is 10.5 Å². The van der Waals surface area contributed by atoms with Crippen LogP contribution in [-0.2, 0) is 17.8 Å². The van der Waals surface area contributed by atoms with Crippen molar-refractivity contribution in [2.24, 2.45) is 11.7 Å². The number of ether oxygens (including phenoxy) is 1. The maximum Gasteiger partial charge on any atom is 0.0991 e. The van der Waals surface area contributed by atoms with E-state index in [1.807, 2.05) is 11.6 Å². The standard InChI is InChI=1S/C9H18N4O/c1-7(6-14-3)5-13-8(2)9(4-10)11-12-13/h7H,4-6,10H2,1-3H3. The number of aromatic nitrogens is 3. The van der Waals surface area contributed by atoms with Gasteiger partial charge in [0.2, 0.25) is 0 Å². The first kappa shape index (κ1) is 11.1. The fraction of sp³-hybridized carbons (Fsp3) is 0.778. The molecule has 5 heteroatoms. The molecular weight excluding hydrogens is 180 g/mol. The van der Waals surface area contributed by atoms with Crippen LogP contribution >= 0.6 is 0 Å². The molecule has 0 saturated carbocycles. The Bertz CT molecular complexity index is 284. The van der Waals surface area contributed by atoms with Gasteiger partial charge in [-0.25, -0.2) is 4.68 Å². The van der Waals surface area contributed by atoms with E-state index in [1.165, 1.54) is 0 Å². The topological polar surface area (TPSA) is 66.0 Å². The summed E-state index contributed by atoms with van der Waals surface area (Å²) in [6.45, 7) is 6.11. The Labute approximate surface area is 84.2 Å². The van der Waals surface area contributed by atoms with E-state index in [0.717, 1.165) is 24.5 Å². The fourth-order valence-electron chi connectivity index (χ4n) is 1.39. The highest BCUT2D eigenvalue weighted by molar-refractivity contribution is 5.06. The molecule has 0 bridgehead atoms. The summed E-state index contributed by atoms with van der Waals surface area (Å²) in [5, 5.41) is 8.03. The molecule has 14 heavy (non-hydrogen) atoms. The minimum atomic E-state index is 0.436. The largest absolute Gasteiger partial charge is 0.384 e. The molecule has 0 radical (unpaired) electrons. The van der Waals surface area contributed by atoms with Crippen molar-refractivity contribution in [3.63, 3.8) is 0 Å². The molecule has 0 aromatic carbocycles. The molecule has 1 heterocycles. The van der Waals surface area contributed by atoms with Crippen LogP contribution in [0.2, 0.25) is 0 Å². The Hall–Kier alpha value is -0.940. The van der Waals surface area contributed by atoms with E-state index in [4.69, 9.17) is 10.5 Å². The van der Waals surface area contributed by atoms with Crippen LogP contribution in [0.4, 0.5) is 0 Å². The molecule has 1 aromatic rings. The quantitative estimate of drug-likeness (QED) is 0.740. The lowest BCUT2D eigenvalue weighted by Gasteiger charge is -2.10. The van der Waals surface area contributed by atoms with E-state index < -0.39 is 0 Å². The molecule has 80 valence electrons. The third kappa shape index (κ3) is 2.52. The molecule has 1 rings (SSSR count). The van der Waals surface area contributed by atoms with Crippen LogP contribution in [-0.4, -0.2) is 28.7 Å². The van der Waals surface area contributed by atoms with Gasteiger partial charge in [0, 0.05) is 20.2 Å². The van der Waals surface area contributed by atoms with Crippen molar-refractivity contribution in [3.05, 3.63) is 11.4 Å². The highest BCUT2D eigenvalue weighted by atomic mass is 16.5. The zero-order valence-corrected chi connectivity index (χ0v) is 9.03. The third-order valence-corrected chi connectivity index (χ3v) is 2.21. The fourth-order valence-corrected chi connectivity index (χ4v) is 1.39. The lowest BCUT2D eigenvalue weighted by atomic mass is 10.2. The van der Waals surface area contributed by atoms with Crippen LogP contribution in [0.25, 0.3) is 0 Å². The SMILES string of the molecule is COCC(C)Cn1nnc(CN)c1C. The monoisotopic (exact) mass is 198 g/mol. The number of nitrogens with two attached hydrogens (primary N) is 1. The Kier molecular flexibility index (Phi) is 4.03. The first-order valence-corrected chi connectivity index (χ1v) is 4.77. The van der Waals surface area contributed by atoms with Crippen molar-refractivity contribution < 1.29 is 4.74 Å². The lowest BCUT2D eigenvalue weighted by Crippen LogP contribution is -2.15. The van der Waals surface area contributed by atoms with E-state index in [-0.39, 0.29) is 0 Å². The van der Waals surface area contributed by atoms with Gasteiger partial charge in [-0.1, -0.05) is 12.1 Å². The molecule has 5 nitrogen and oxygen atoms in total. The van der Waals surface area contributed by atoms with Crippen molar-refractivity contribution in [1.82, 2.24) is 15.0 Å². The highest BCUT2D eigenvalue weighted by Crippen LogP contribution is 2.06. The molecule has 0 aliphatic carbocycles. The Morgan fingerprint density at radius 2 is 2.29 bits per heavy atom. The molecule has 0 saturated heterocycles. The van der Waals surface area contributed by atoms with Gasteiger partial charge in [-0.3, -0.25) is 0 Å². The zero-order valence-electron chi connectivity index (χ0n) is 9.03. The summed E-state index contributed by atoms with van der Waals surface area (Å²) in [5.74, 6) is 0.436. The molecule has 0 amide bonds. The van der Waals surface area contributed by atoms with Crippen LogP contribution in [0.3, 0.4) is 0 Å². The first-order chi connectivity index (χ1) is 6.69. The van der Waals surface area contributed by atoms with Crippen LogP contribution in [0.5, 0.6) is 0 Å². The van der Waals surface area contributed by atoms with Crippen molar-refractivity contribution in [3.8, 4) is 0 Å². The average molecular weight is 198 g/mol. The predicted molar refractivity (Wildman–Crippen MR) is 53.7 cm³/mol. The lowest BCUT2D eigenvalue weighted by molar-refractivity contribution is 0.148.